The molecule has 1 amide bonds. The summed E-state index contributed by atoms with van der Waals surface area (Å²) in [6.07, 6.45) is -0.812. The summed E-state index contributed by atoms with van der Waals surface area (Å²) < 4.78 is 46.1. The number of nitrogens with one attached hydrogen (secondary N) is 1. The number of rotatable bonds is 6. The highest BCUT2D eigenvalue weighted by Crippen LogP contribution is 2.47. The summed E-state index contributed by atoms with van der Waals surface area (Å²) in [5.74, 6) is -0.114. The van der Waals surface area contributed by atoms with Gasteiger partial charge in [-0.15, -0.1) is 0 Å². The van der Waals surface area contributed by atoms with E-state index in [0.717, 1.165) is 25.7 Å². The molecule has 1 saturated heterocycles. The molecule has 1 aromatic heterocycles. The van der Waals surface area contributed by atoms with E-state index in [0.29, 0.717) is 12.3 Å². The van der Waals surface area contributed by atoms with Gasteiger partial charge in [0.25, 0.3) is 0 Å². The minimum atomic E-state index is -4.51. The summed E-state index contributed by atoms with van der Waals surface area (Å²) in [7, 11) is 0. The van der Waals surface area contributed by atoms with Gasteiger partial charge in [-0.2, -0.15) is 18.3 Å². The zero-order valence-electron chi connectivity index (χ0n) is 13.9. The average Bonchev–Trinajstić information content (AvgIpc) is 3.08. The van der Waals surface area contributed by atoms with Crippen molar-refractivity contribution in [3.63, 3.8) is 0 Å². The Bertz CT molecular complexity index is 637. The van der Waals surface area contributed by atoms with E-state index in [1.807, 2.05) is 6.92 Å². The van der Waals surface area contributed by atoms with Crippen molar-refractivity contribution in [1.29, 1.82) is 0 Å². The molecule has 2 heterocycles. The number of alkyl halides is 3. The predicted molar refractivity (Wildman–Crippen MR) is 88.1 cm³/mol. The van der Waals surface area contributed by atoms with Crippen LogP contribution >= 0.6 is 15.9 Å². The molecular formula is C16H21BrF3N3O2. The lowest BCUT2D eigenvalue weighted by Gasteiger charge is -2.20. The fourth-order valence-electron chi connectivity index (χ4n) is 3.17. The van der Waals surface area contributed by atoms with Crippen molar-refractivity contribution >= 4 is 21.8 Å². The summed E-state index contributed by atoms with van der Waals surface area (Å²) in [4.78, 5) is 12.1. The molecule has 0 spiro atoms. The first-order valence-electron chi connectivity index (χ1n) is 8.51. The van der Waals surface area contributed by atoms with Crippen LogP contribution in [0.25, 0.3) is 0 Å². The molecule has 9 heteroatoms. The number of amides is 1. The van der Waals surface area contributed by atoms with Crippen molar-refractivity contribution in [1.82, 2.24) is 15.1 Å². The van der Waals surface area contributed by atoms with Crippen LogP contribution in [0.4, 0.5) is 13.2 Å². The third-order valence-electron chi connectivity index (χ3n) is 4.63. The molecule has 0 aromatic carbocycles. The second-order valence-electron chi connectivity index (χ2n) is 6.70. The molecule has 2 aliphatic rings. The van der Waals surface area contributed by atoms with E-state index in [9.17, 15) is 18.0 Å². The third kappa shape index (κ3) is 4.36. The highest BCUT2D eigenvalue weighted by atomic mass is 79.9. The van der Waals surface area contributed by atoms with Crippen molar-refractivity contribution in [2.24, 2.45) is 0 Å². The molecule has 0 radical (unpaired) electrons. The number of carbonyl (C=O) groups excluding carboxylic acids is 1. The van der Waals surface area contributed by atoms with E-state index in [2.05, 4.69) is 26.3 Å². The van der Waals surface area contributed by atoms with Crippen molar-refractivity contribution in [3.05, 3.63) is 15.9 Å². The first-order chi connectivity index (χ1) is 11.8. The minimum absolute atomic E-state index is 0.00984. The van der Waals surface area contributed by atoms with Crippen LogP contribution in [0.15, 0.2) is 4.47 Å². The van der Waals surface area contributed by atoms with E-state index in [1.165, 1.54) is 4.68 Å². The summed E-state index contributed by atoms with van der Waals surface area (Å²) >= 11 is 3.05. The second kappa shape index (κ2) is 7.26. The monoisotopic (exact) mass is 423 g/mol. The second-order valence-corrected chi connectivity index (χ2v) is 7.49. The molecule has 25 heavy (non-hydrogen) atoms. The molecule has 1 N–H and O–H groups in total. The molecule has 1 aliphatic heterocycles. The number of hydrogen-bond donors (Lipinski definition) is 1. The van der Waals surface area contributed by atoms with Crippen LogP contribution in [0.2, 0.25) is 0 Å². The highest BCUT2D eigenvalue weighted by molar-refractivity contribution is 9.10. The van der Waals surface area contributed by atoms with E-state index >= 15 is 0 Å². The first kappa shape index (κ1) is 18.7. The molecule has 2 atom stereocenters. The van der Waals surface area contributed by atoms with Crippen molar-refractivity contribution in [2.45, 2.75) is 69.8 Å². The fraction of sp³-hybridized carbons (Fsp3) is 0.750. The Kier molecular flexibility index (Phi) is 5.43. The van der Waals surface area contributed by atoms with Gasteiger partial charge in [0, 0.05) is 18.9 Å². The van der Waals surface area contributed by atoms with E-state index < -0.39 is 11.9 Å². The Morgan fingerprint density at radius 1 is 1.44 bits per heavy atom. The SMILES string of the molecule is C[C@@H](NC(=O)CCn1nc(C(F)(F)F)c(Br)c1C1CC1)[C@H]1CCCO1. The highest BCUT2D eigenvalue weighted by Gasteiger charge is 2.41. The van der Waals surface area contributed by atoms with Gasteiger partial charge in [0.15, 0.2) is 5.69 Å². The maximum absolute atomic E-state index is 13.1. The van der Waals surface area contributed by atoms with Gasteiger partial charge in [0.05, 0.1) is 28.9 Å². The lowest BCUT2D eigenvalue weighted by atomic mass is 10.1. The zero-order chi connectivity index (χ0) is 18.2. The van der Waals surface area contributed by atoms with Crippen LogP contribution in [-0.2, 0) is 22.3 Å². The molecule has 5 nitrogen and oxygen atoms in total. The van der Waals surface area contributed by atoms with E-state index in [4.69, 9.17) is 4.74 Å². The molecule has 2 fully saturated rings. The summed E-state index contributed by atoms with van der Waals surface area (Å²) in [6.45, 7) is 2.72. The largest absolute Gasteiger partial charge is 0.436 e. The van der Waals surface area contributed by atoms with Gasteiger partial charge in [-0.3, -0.25) is 9.48 Å². The van der Waals surface area contributed by atoms with Crippen LogP contribution in [0.3, 0.4) is 0 Å². The van der Waals surface area contributed by atoms with Gasteiger partial charge < -0.3 is 10.1 Å². The number of hydrogen-bond acceptors (Lipinski definition) is 3. The Morgan fingerprint density at radius 3 is 2.72 bits per heavy atom. The molecule has 1 aromatic rings. The molecule has 140 valence electrons. The predicted octanol–water partition coefficient (Wildman–Crippen LogP) is 3.62. The normalized spacial score (nSPS) is 22.2. The topological polar surface area (TPSA) is 56.2 Å². The lowest BCUT2D eigenvalue weighted by molar-refractivity contribution is -0.142. The zero-order valence-corrected chi connectivity index (χ0v) is 15.5. The smallest absolute Gasteiger partial charge is 0.376 e. The number of aryl methyl sites for hydroxylation is 1. The van der Waals surface area contributed by atoms with Crippen molar-refractivity contribution < 1.29 is 22.7 Å². The van der Waals surface area contributed by atoms with Gasteiger partial charge in [-0.25, -0.2) is 0 Å². The summed E-state index contributed by atoms with van der Waals surface area (Å²) in [5.41, 5.74) is -0.366. The Labute approximate surface area is 152 Å². The third-order valence-corrected chi connectivity index (χ3v) is 5.41. The Balaban J connectivity index is 1.63. The van der Waals surface area contributed by atoms with Crippen LogP contribution in [0.1, 0.15) is 56.3 Å². The van der Waals surface area contributed by atoms with Gasteiger partial charge in [0.1, 0.15) is 0 Å². The molecule has 1 aliphatic carbocycles. The number of nitrogens with zero attached hydrogens (tertiary/aromatic N) is 2. The Morgan fingerprint density at radius 2 is 2.16 bits per heavy atom. The van der Waals surface area contributed by atoms with Crippen LogP contribution in [-0.4, -0.2) is 34.4 Å². The number of halogens is 4. The maximum atomic E-state index is 13.1. The standard InChI is InChI=1S/C16H21BrF3N3O2/c1-9(11-3-2-8-25-11)21-12(24)6-7-23-14(10-4-5-10)13(17)15(22-23)16(18,19)20/h9-11H,2-8H2,1H3,(H,21,24)/t9-,11-/m1/s1. The maximum Gasteiger partial charge on any atom is 0.436 e. The van der Waals surface area contributed by atoms with Crippen LogP contribution in [0.5, 0.6) is 0 Å². The number of carbonyl (C=O) groups is 1. The quantitative estimate of drug-likeness (QED) is 0.759. The molecule has 1 saturated carbocycles. The number of aromatic nitrogens is 2. The number of ether oxygens (including phenoxy) is 1. The van der Waals surface area contributed by atoms with E-state index in [1.54, 1.807) is 0 Å². The summed E-state index contributed by atoms with van der Waals surface area (Å²) in [5, 5.41) is 6.58. The lowest BCUT2D eigenvalue weighted by Crippen LogP contribution is -2.41. The van der Waals surface area contributed by atoms with Gasteiger partial charge in [-0.05, 0) is 48.5 Å². The summed E-state index contributed by atoms with van der Waals surface area (Å²) in [6, 6.07) is -0.104. The molecule has 3 rings (SSSR count). The molecule has 0 bridgehead atoms. The van der Waals surface area contributed by atoms with Gasteiger partial charge >= 0.3 is 6.18 Å². The van der Waals surface area contributed by atoms with E-state index in [-0.39, 0.29) is 41.4 Å². The molecular weight excluding hydrogens is 403 g/mol. The van der Waals surface area contributed by atoms with Crippen LogP contribution < -0.4 is 5.32 Å². The minimum Gasteiger partial charge on any atom is -0.376 e. The molecule has 0 unspecified atom stereocenters. The van der Waals surface area contributed by atoms with Crippen LogP contribution in [0, 0.1) is 0 Å². The van der Waals surface area contributed by atoms with Crippen molar-refractivity contribution in [3.8, 4) is 0 Å². The first-order valence-corrected chi connectivity index (χ1v) is 9.31. The van der Waals surface area contributed by atoms with Gasteiger partial charge in [0.2, 0.25) is 5.91 Å². The Hall–Kier alpha value is -1.09. The average molecular weight is 424 g/mol. The fourth-order valence-corrected chi connectivity index (χ4v) is 4.01. The van der Waals surface area contributed by atoms with Gasteiger partial charge in [-0.1, -0.05) is 0 Å². The van der Waals surface area contributed by atoms with Crippen molar-refractivity contribution in [2.75, 3.05) is 6.61 Å².